The average molecular weight is 698 g/mol. The summed E-state index contributed by atoms with van der Waals surface area (Å²) < 4.78 is 10.9. The molecule has 0 radical (unpaired) electrons. The second kappa shape index (κ2) is 15.4. The van der Waals surface area contributed by atoms with Crippen LogP contribution in [-0.4, -0.2) is 88.6 Å². The van der Waals surface area contributed by atoms with Crippen LogP contribution in [-0.2, 0) is 30.5 Å². The van der Waals surface area contributed by atoms with Crippen molar-refractivity contribution >= 4 is 41.3 Å². The molecule has 0 aromatic heterocycles. The topological polar surface area (TPSA) is 195 Å². The molecule has 2 atom stereocenters. The number of hydrogen-bond donors (Lipinski definition) is 3. The molecule has 3 aromatic rings. The number of hydrazine groups is 1. The monoisotopic (exact) mass is 697 g/mol. The molecule has 0 spiro atoms. The van der Waals surface area contributed by atoms with E-state index in [1.165, 1.54) is 35.2 Å². The molecule has 51 heavy (non-hydrogen) atoms. The molecular weight excluding hydrogens is 658 g/mol. The van der Waals surface area contributed by atoms with Gasteiger partial charge in [0.25, 0.3) is 11.8 Å². The third-order valence-electron chi connectivity index (χ3n) is 8.31. The lowest BCUT2D eigenvalue weighted by Gasteiger charge is -2.28. The van der Waals surface area contributed by atoms with Crippen molar-refractivity contribution in [2.24, 2.45) is 5.84 Å². The summed E-state index contributed by atoms with van der Waals surface area (Å²) in [5.41, 5.74) is -0.148. The van der Waals surface area contributed by atoms with Crippen molar-refractivity contribution in [3.8, 4) is 0 Å². The maximum Gasteiger partial charge on any atom is 0.408 e. The number of carbonyl (C=O) groups is 7. The van der Waals surface area contributed by atoms with Gasteiger partial charge in [-0.1, -0.05) is 66.7 Å². The van der Waals surface area contributed by atoms with Gasteiger partial charge >= 0.3 is 6.09 Å². The van der Waals surface area contributed by atoms with Gasteiger partial charge in [0.1, 0.15) is 24.2 Å². The first-order chi connectivity index (χ1) is 24.3. The molecule has 3 aromatic carbocycles. The summed E-state index contributed by atoms with van der Waals surface area (Å²) in [7, 11) is 0. The molecule has 1 aliphatic heterocycles. The van der Waals surface area contributed by atoms with Crippen molar-refractivity contribution in [1.82, 2.24) is 20.5 Å². The smallest absolute Gasteiger partial charge is 0.408 e. The van der Waals surface area contributed by atoms with Gasteiger partial charge < -0.3 is 25.0 Å². The molecule has 0 saturated carbocycles. The Morgan fingerprint density at radius 2 is 1.55 bits per heavy atom. The Balaban J connectivity index is 1.34. The zero-order valence-electron chi connectivity index (χ0n) is 28.5. The number of alkyl carbamates (subject to hydrolysis) is 1. The Kier molecular flexibility index (Phi) is 11.1. The lowest BCUT2D eigenvalue weighted by Crippen LogP contribution is -2.58. The first-order valence-electron chi connectivity index (χ1n) is 16.4. The van der Waals surface area contributed by atoms with Gasteiger partial charge in [-0.2, -0.15) is 0 Å². The number of imide groups is 1. The standard InChI is InChI=1S/C37H39N5O9/c1-37(2,3)51-36(49)39-19-29(43)41-18-10-17-28(41)33(46)40-27(21-50-20-22-11-5-4-6-12-22)35(48)42(38)34(47)26-16-9-15-25-30(26)32(45)24-14-8-7-13-23(24)31(25)44/h4-9,11-16,27-28H,10,17-21,38H2,1-3H3,(H,39,49)(H,40,46)/t27-,28-/m0/s1. The van der Waals surface area contributed by atoms with E-state index < -0.39 is 72.1 Å². The summed E-state index contributed by atoms with van der Waals surface area (Å²) in [4.78, 5) is 94.4. The highest BCUT2D eigenvalue weighted by Crippen LogP contribution is 2.30. The maximum atomic E-state index is 13.9. The van der Waals surface area contributed by atoms with Crippen LogP contribution in [0.15, 0.2) is 72.8 Å². The Bertz CT molecular complexity index is 1870. The molecule has 4 N–H and O–H groups in total. The number of carbonyl (C=O) groups excluding carboxylic acids is 7. The second-order valence-corrected chi connectivity index (χ2v) is 13.1. The number of benzene rings is 3. The maximum absolute atomic E-state index is 13.9. The molecule has 1 fully saturated rings. The number of nitrogens with zero attached hydrogens (tertiary/aromatic N) is 2. The zero-order valence-corrected chi connectivity index (χ0v) is 28.5. The predicted octanol–water partition coefficient (Wildman–Crippen LogP) is 2.52. The minimum Gasteiger partial charge on any atom is -0.444 e. The Morgan fingerprint density at radius 3 is 2.24 bits per heavy atom. The van der Waals surface area contributed by atoms with E-state index in [9.17, 15) is 33.6 Å². The van der Waals surface area contributed by atoms with E-state index in [0.717, 1.165) is 5.56 Å². The molecule has 14 heteroatoms. The second-order valence-electron chi connectivity index (χ2n) is 13.1. The number of rotatable bonds is 10. The van der Waals surface area contributed by atoms with E-state index in [0.29, 0.717) is 6.42 Å². The number of amides is 5. The van der Waals surface area contributed by atoms with Crippen molar-refractivity contribution in [2.75, 3.05) is 19.7 Å². The molecule has 14 nitrogen and oxygen atoms in total. The fourth-order valence-corrected chi connectivity index (χ4v) is 5.93. The largest absolute Gasteiger partial charge is 0.444 e. The van der Waals surface area contributed by atoms with Gasteiger partial charge in [0.15, 0.2) is 11.6 Å². The number of hydrogen-bond acceptors (Lipinski definition) is 10. The molecule has 0 unspecified atom stereocenters. The molecule has 266 valence electrons. The highest BCUT2D eigenvalue weighted by atomic mass is 16.6. The van der Waals surface area contributed by atoms with Crippen LogP contribution in [0.3, 0.4) is 0 Å². The fraction of sp³-hybridized carbons (Fsp3) is 0.324. The molecule has 1 heterocycles. The van der Waals surface area contributed by atoms with Gasteiger partial charge in [-0.3, -0.25) is 28.8 Å². The predicted molar refractivity (Wildman–Crippen MR) is 182 cm³/mol. The molecule has 1 saturated heterocycles. The highest BCUT2D eigenvalue weighted by molar-refractivity contribution is 6.31. The van der Waals surface area contributed by atoms with E-state index in [1.54, 1.807) is 57.2 Å². The van der Waals surface area contributed by atoms with Crippen LogP contribution >= 0.6 is 0 Å². The van der Waals surface area contributed by atoms with Crippen LogP contribution in [0.25, 0.3) is 0 Å². The fourth-order valence-electron chi connectivity index (χ4n) is 5.93. The van der Waals surface area contributed by atoms with E-state index in [2.05, 4.69) is 10.6 Å². The van der Waals surface area contributed by atoms with Crippen LogP contribution in [0.1, 0.15) is 81.4 Å². The first-order valence-corrected chi connectivity index (χ1v) is 16.4. The summed E-state index contributed by atoms with van der Waals surface area (Å²) in [5.74, 6) is 1.71. The van der Waals surface area contributed by atoms with E-state index >= 15 is 0 Å². The van der Waals surface area contributed by atoms with Gasteiger partial charge in [-0.25, -0.2) is 15.6 Å². The van der Waals surface area contributed by atoms with E-state index in [1.807, 2.05) is 6.07 Å². The molecule has 1 aliphatic carbocycles. The molecule has 2 aliphatic rings. The van der Waals surface area contributed by atoms with Crippen molar-refractivity contribution in [1.29, 1.82) is 0 Å². The van der Waals surface area contributed by atoms with E-state index in [4.69, 9.17) is 15.3 Å². The Hall–Kier alpha value is -5.73. The average Bonchev–Trinajstić information content (AvgIpc) is 3.61. The normalized spacial score (nSPS) is 15.7. The number of nitrogens with two attached hydrogens (primary N) is 1. The summed E-state index contributed by atoms with van der Waals surface area (Å²) in [5, 5.41) is 5.26. The highest BCUT2D eigenvalue weighted by Gasteiger charge is 2.39. The van der Waals surface area contributed by atoms with Gasteiger partial charge in [-0.05, 0) is 45.2 Å². The van der Waals surface area contributed by atoms with Crippen LogP contribution < -0.4 is 16.5 Å². The third kappa shape index (κ3) is 8.36. The minimum atomic E-state index is -1.50. The van der Waals surface area contributed by atoms with Gasteiger partial charge in [-0.15, -0.1) is 0 Å². The molecule has 0 bridgehead atoms. The minimum absolute atomic E-state index is 0.00593. The van der Waals surface area contributed by atoms with Crippen molar-refractivity contribution in [3.63, 3.8) is 0 Å². The number of nitrogens with one attached hydrogen (secondary N) is 2. The lowest BCUT2D eigenvalue weighted by atomic mass is 9.81. The van der Waals surface area contributed by atoms with Crippen molar-refractivity contribution in [2.45, 2.75) is 57.9 Å². The third-order valence-corrected chi connectivity index (χ3v) is 8.31. The summed E-state index contributed by atoms with van der Waals surface area (Å²) in [6.45, 7) is 4.51. The van der Waals surface area contributed by atoms with Crippen LogP contribution in [0.5, 0.6) is 0 Å². The van der Waals surface area contributed by atoms with Crippen molar-refractivity contribution < 1.29 is 43.0 Å². The van der Waals surface area contributed by atoms with Crippen LogP contribution in [0.4, 0.5) is 4.79 Å². The SMILES string of the molecule is CC(C)(C)OC(=O)NCC(=O)N1CCC[C@H]1C(=O)N[C@@H](COCc1ccccc1)C(=O)N(N)C(=O)c1cccc2c1C(=O)c1ccccc1C2=O. The summed E-state index contributed by atoms with van der Waals surface area (Å²) in [6.07, 6.45) is -0.0371. The Morgan fingerprint density at radius 1 is 0.902 bits per heavy atom. The first kappa shape index (κ1) is 36.5. The quantitative estimate of drug-likeness (QED) is 0.126. The van der Waals surface area contributed by atoms with E-state index in [-0.39, 0.29) is 52.4 Å². The molecule has 5 amide bonds. The number of ketones is 2. The zero-order chi connectivity index (χ0) is 36.9. The number of ether oxygens (including phenoxy) is 2. The van der Waals surface area contributed by atoms with Gasteiger partial charge in [0, 0.05) is 28.8 Å². The van der Waals surface area contributed by atoms with Gasteiger partial charge in [0.05, 0.1) is 18.8 Å². The Labute approximate surface area is 294 Å². The summed E-state index contributed by atoms with van der Waals surface area (Å²) in [6, 6.07) is 16.9. The van der Waals surface area contributed by atoms with Crippen LogP contribution in [0.2, 0.25) is 0 Å². The van der Waals surface area contributed by atoms with Crippen LogP contribution in [0, 0.1) is 0 Å². The van der Waals surface area contributed by atoms with Gasteiger partial charge in [0.2, 0.25) is 11.8 Å². The lowest BCUT2D eigenvalue weighted by molar-refractivity contribution is -0.141. The molecular formula is C37H39N5O9. The molecule has 5 rings (SSSR count). The number of fused-ring (bicyclic) bond motifs is 2. The summed E-state index contributed by atoms with van der Waals surface area (Å²) >= 11 is 0. The van der Waals surface area contributed by atoms with Crippen molar-refractivity contribution in [3.05, 3.63) is 106 Å². The number of likely N-dealkylation sites (tertiary alicyclic amines) is 1.